The number of carbonyl (C=O) groups is 1. The first kappa shape index (κ1) is 26.6. The van der Waals surface area contributed by atoms with Gasteiger partial charge in [-0.05, 0) is 42.2 Å². The number of hydrogen-bond donors (Lipinski definition) is 1. The van der Waals surface area contributed by atoms with E-state index in [-0.39, 0.29) is 19.0 Å². The van der Waals surface area contributed by atoms with Gasteiger partial charge in [0, 0.05) is 43.6 Å². The van der Waals surface area contributed by atoms with Gasteiger partial charge in [-0.25, -0.2) is 8.42 Å². The first-order valence-electron chi connectivity index (χ1n) is 11.7. The quantitative estimate of drug-likeness (QED) is 0.477. The van der Waals surface area contributed by atoms with Crippen molar-refractivity contribution in [2.45, 2.75) is 44.4 Å². The van der Waals surface area contributed by atoms with Crippen molar-refractivity contribution >= 4 is 27.3 Å². The normalized spacial score (nSPS) is 16.6. The fraction of sp³-hybridized carbons (Fsp3) is 0.308. The van der Waals surface area contributed by atoms with Gasteiger partial charge in [-0.1, -0.05) is 48.5 Å². The van der Waals surface area contributed by atoms with Crippen LogP contribution in [0.1, 0.15) is 30.2 Å². The van der Waals surface area contributed by atoms with Gasteiger partial charge < -0.3 is 10.2 Å². The molecule has 37 heavy (non-hydrogen) atoms. The number of halogens is 3. The number of amides is 1. The number of rotatable bonds is 7. The molecule has 1 amide bonds. The van der Waals surface area contributed by atoms with Crippen LogP contribution >= 0.6 is 0 Å². The number of alkyl halides is 3. The van der Waals surface area contributed by atoms with Crippen molar-refractivity contribution in [3.8, 4) is 0 Å². The van der Waals surface area contributed by atoms with Crippen LogP contribution in [0.3, 0.4) is 0 Å². The minimum Gasteiger partial charge on any atom is -0.361 e. The Balaban J connectivity index is 1.74. The highest BCUT2D eigenvalue weighted by Gasteiger charge is 2.51. The molecule has 1 aliphatic heterocycles. The van der Waals surface area contributed by atoms with Gasteiger partial charge in [-0.2, -0.15) is 17.5 Å². The van der Waals surface area contributed by atoms with E-state index in [1.807, 2.05) is 35.2 Å². The SMILES string of the molecule is CC(=O)Nc1ccnc(CN2c3ccccc3CN(S(=O)(=O)C(F)(F)F)CC2CCc2ccccc2)c1. The number of pyridine rings is 1. The highest BCUT2D eigenvalue weighted by molar-refractivity contribution is 7.89. The summed E-state index contributed by atoms with van der Waals surface area (Å²) in [6.45, 7) is 0.870. The van der Waals surface area contributed by atoms with E-state index in [1.54, 1.807) is 42.6 Å². The van der Waals surface area contributed by atoms with Crippen molar-refractivity contribution in [3.05, 3.63) is 89.7 Å². The molecular formula is C26H27F3N4O3S. The molecule has 11 heteroatoms. The molecule has 0 aliphatic carbocycles. The van der Waals surface area contributed by atoms with E-state index in [0.29, 0.717) is 39.8 Å². The summed E-state index contributed by atoms with van der Waals surface area (Å²) in [6, 6.07) is 19.1. The van der Waals surface area contributed by atoms with Crippen LogP contribution in [0.2, 0.25) is 0 Å². The van der Waals surface area contributed by atoms with E-state index in [0.717, 1.165) is 5.56 Å². The summed E-state index contributed by atoms with van der Waals surface area (Å²) in [4.78, 5) is 17.8. The predicted molar refractivity (Wildman–Crippen MR) is 135 cm³/mol. The molecule has 1 N–H and O–H groups in total. The largest absolute Gasteiger partial charge is 0.511 e. The average Bonchev–Trinajstić information content (AvgIpc) is 3.00. The second-order valence-corrected chi connectivity index (χ2v) is 10.8. The Morgan fingerprint density at radius 2 is 1.78 bits per heavy atom. The zero-order valence-electron chi connectivity index (χ0n) is 20.1. The standard InChI is InChI=1S/C26H27F3N4O3S/c1-19(34)31-22-13-14-30-23(15-22)17-33-24(12-11-20-7-3-2-4-8-20)18-32(37(35,36)26(27,28)29)16-21-9-5-6-10-25(21)33/h2-10,13-15,24H,11-12,16-18H2,1H3,(H,30,31,34). The number of sulfonamides is 1. The van der Waals surface area contributed by atoms with E-state index in [9.17, 15) is 26.4 Å². The molecule has 7 nitrogen and oxygen atoms in total. The number of benzene rings is 2. The second kappa shape index (κ2) is 10.9. The third-order valence-corrected chi connectivity index (χ3v) is 7.76. The van der Waals surface area contributed by atoms with Crippen LogP contribution in [-0.4, -0.2) is 41.7 Å². The Morgan fingerprint density at radius 1 is 1.08 bits per heavy atom. The minimum absolute atomic E-state index is 0.212. The number of aromatic nitrogens is 1. The molecule has 0 saturated heterocycles. The highest BCUT2D eigenvalue weighted by atomic mass is 32.2. The smallest absolute Gasteiger partial charge is 0.361 e. The molecule has 3 aromatic rings. The maximum atomic E-state index is 13.6. The molecule has 4 rings (SSSR count). The Bertz CT molecular complexity index is 1350. The molecule has 196 valence electrons. The number of hydrogen-bond acceptors (Lipinski definition) is 5. The fourth-order valence-corrected chi connectivity index (χ4v) is 5.47. The number of nitrogens with zero attached hydrogens (tertiary/aromatic N) is 3. The van der Waals surface area contributed by atoms with E-state index >= 15 is 0 Å². The van der Waals surface area contributed by atoms with Gasteiger partial charge in [0.2, 0.25) is 5.91 Å². The third-order valence-electron chi connectivity index (χ3n) is 6.21. The van der Waals surface area contributed by atoms with E-state index in [1.165, 1.54) is 6.92 Å². The summed E-state index contributed by atoms with van der Waals surface area (Å²) in [5.41, 5.74) is -2.17. The van der Waals surface area contributed by atoms with Gasteiger partial charge in [0.05, 0.1) is 12.2 Å². The van der Waals surface area contributed by atoms with Crippen molar-refractivity contribution in [1.29, 1.82) is 0 Å². The number of aryl methyl sites for hydroxylation is 1. The van der Waals surface area contributed by atoms with E-state index in [2.05, 4.69) is 10.3 Å². The highest BCUT2D eigenvalue weighted by Crippen LogP contribution is 2.35. The number of anilines is 2. The van der Waals surface area contributed by atoms with Crippen molar-refractivity contribution in [1.82, 2.24) is 9.29 Å². The molecule has 1 aliphatic rings. The van der Waals surface area contributed by atoms with Gasteiger partial charge in [0.25, 0.3) is 0 Å². The third kappa shape index (κ3) is 6.28. The lowest BCUT2D eigenvalue weighted by atomic mass is 10.0. The lowest BCUT2D eigenvalue weighted by molar-refractivity contribution is -0.114. The van der Waals surface area contributed by atoms with Crippen molar-refractivity contribution < 1.29 is 26.4 Å². The van der Waals surface area contributed by atoms with Crippen LogP contribution in [0.4, 0.5) is 24.5 Å². The summed E-state index contributed by atoms with van der Waals surface area (Å²) in [5, 5.41) is 2.71. The number of carbonyl (C=O) groups excluding carboxylic acids is 1. The predicted octanol–water partition coefficient (Wildman–Crippen LogP) is 4.71. The van der Waals surface area contributed by atoms with E-state index < -0.39 is 28.1 Å². The van der Waals surface area contributed by atoms with Crippen LogP contribution in [0.15, 0.2) is 72.9 Å². The molecule has 1 aromatic heterocycles. The Labute approximate surface area is 214 Å². The topological polar surface area (TPSA) is 82.6 Å². The van der Waals surface area contributed by atoms with Gasteiger partial charge in [0.1, 0.15) is 0 Å². The number of para-hydroxylation sites is 1. The molecule has 0 saturated carbocycles. The molecule has 0 bridgehead atoms. The Hall–Kier alpha value is -3.44. The van der Waals surface area contributed by atoms with Crippen LogP contribution in [-0.2, 0) is 34.3 Å². The molecule has 0 fully saturated rings. The van der Waals surface area contributed by atoms with Gasteiger partial charge in [-0.15, -0.1) is 0 Å². The van der Waals surface area contributed by atoms with Crippen LogP contribution in [0, 0.1) is 0 Å². The van der Waals surface area contributed by atoms with Crippen LogP contribution in [0.25, 0.3) is 0 Å². The minimum atomic E-state index is -5.55. The maximum absolute atomic E-state index is 13.6. The number of fused-ring (bicyclic) bond motifs is 1. The zero-order chi connectivity index (χ0) is 26.6. The second-order valence-electron chi connectivity index (χ2n) is 8.90. The van der Waals surface area contributed by atoms with E-state index in [4.69, 9.17) is 0 Å². The average molecular weight is 533 g/mol. The molecule has 1 atom stereocenters. The Kier molecular flexibility index (Phi) is 7.84. The van der Waals surface area contributed by atoms with Gasteiger partial charge in [-0.3, -0.25) is 9.78 Å². The summed E-state index contributed by atoms with van der Waals surface area (Å²) in [7, 11) is -5.55. The summed E-state index contributed by atoms with van der Waals surface area (Å²) < 4.78 is 66.4. The fourth-order valence-electron chi connectivity index (χ4n) is 4.50. The van der Waals surface area contributed by atoms with Crippen molar-refractivity contribution in [2.75, 3.05) is 16.8 Å². The van der Waals surface area contributed by atoms with Gasteiger partial charge >= 0.3 is 15.5 Å². The Morgan fingerprint density at radius 3 is 2.49 bits per heavy atom. The molecule has 2 aromatic carbocycles. The molecule has 1 unspecified atom stereocenters. The summed E-state index contributed by atoms with van der Waals surface area (Å²) in [5.74, 6) is -0.244. The van der Waals surface area contributed by atoms with Crippen molar-refractivity contribution in [2.24, 2.45) is 0 Å². The lowest BCUT2D eigenvalue weighted by Gasteiger charge is -2.34. The monoisotopic (exact) mass is 532 g/mol. The first-order chi connectivity index (χ1) is 17.5. The molecule has 2 heterocycles. The van der Waals surface area contributed by atoms with Crippen LogP contribution in [0.5, 0.6) is 0 Å². The summed E-state index contributed by atoms with van der Waals surface area (Å²) >= 11 is 0. The van der Waals surface area contributed by atoms with Crippen LogP contribution < -0.4 is 10.2 Å². The molecular weight excluding hydrogens is 505 g/mol. The zero-order valence-corrected chi connectivity index (χ0v) is 21.0. The first-order valence-corrected chi connectivity index (χ1v) is 13.2. The molecule has 0 spiro atoms. The molecule has 0 radical (unpaired) electrons. The van der Waals surface area contributed by atoms with Crippen molar-refractivity contribution in [3.63, 3.8) is 0 Å². The number of nitrogens with one attached hydrogen (secondary N) is 1. The van der Waals surface area contributed by atoms with Gasteiger partial charge in [0.15, 0.2) is 0 Å². The maximum Gasteiger partial charge on any atom is 0.511 e. The lowest BCUT2D eigenvalue weighted by Crippen LogP contribution is -2.47. The summed E-state index contributed by atoms with van der Waals surface area (Å²) in [6.07, 6.45) is 2.50.